The molecule has 0 saturated heterocycles. The number of halogens is 1. The summed E-state index contributed by atoms with van der Waals surface area (Å²) in [7, 11) is -2.44. The van der Waals surface area contributed by atoms with Crippen molar-refractivity contribution in [1.82, 2.24) is 0 Å². The van der Waals surface area contributed by atoms with Gasteiger partial charge in [-0.1, -0.05) is 6.07 Å². The van der Waals surface area contributed by atoms with E-state index in [1.54, 1.807) is 12.1 Å². The fourth-order valence-electron chi connectivity index (χ4n) is 1.62. The Labute approximate surface area is 116 Å². The molecule has 0 atom stereocenters. The number of hydrogen-bond donors (Lipinski definition) is 2. The number of rotatable bonds is 4. The largest absolute Gasteiger partial charge is 0.497 e. The summed E-state index contributed by atoms with van der Waals surface area (Å²) in [5.41, 5.74) is 5.37. The summed E-state index contributed by atoms with van der Waals surface area (Å²) in [4.78, 5) is -0.298. The van der Waals surface area contributed by atoms with Gasteiger partial charge in [0.25, 0.3) is 10.0 Å². The minimum atomic E-state index is -3.94. The lowest BCUT2D eigenvalue weighted by Gasteiger charge is -2.10. The van der Waals surface area contributed by atoms with Gasteiger partial charge in [-0.05, 0) is 36.4 Å². The van der Waals surface area contributed by atoms with Gasteiger partial charge in [0.05, 0.1) is 12.8 Å². The molecule has 0 bridgehead atoms. The third kappa shape index (κ3) is 2.83. The zero-order valence-corrected chi connectivity index (χ0v) is 11.4. The molecule has 0 aliphatic heterocycles. The molecule has 2 rings (SSSR count). The van der Waals surface area contributed by atoms with Gasteiger partial charge in [-0.2, -0.15) is 0 Å². The number of methoxy groups -OCH3 is 1. The van der Waals surface area contributed by atoms with Gasteiger partial charge < -0.3 is 10.5 Å². The maximum Gasteiger partial charge on any atom is 0.264 e. The highest BCUT2D eigenvalue weighted by atomic mass is 32.2. The number of benzene rings is 2. The lowest BCUT2D eigenvalue weighted by Crippen LogP contribution is -2.15. The van der Waals surface area contributed by atoms with E-state index in [1.807, 2.05) is 0 Å². The van der Waals surface area contributed by atoms with Crippen LogP contribution >= 0.6 is 0 Å². The first-order valence-electron chi connectivity index (χ1n) is 5.65. The first-order chi connectivity index (χ1) is 9.44. The molecule has 106 valence electrons. The predicted octanol–water partition coefficient (Wildman–Crippen LogP) is 2.22. The molecular weight excluding hydrogens is 283 g/mol. The molecule has 0 unspecified atom stereocenters. The number of sulfonamides is 1. The van der Waals surface area contributed by atoms with Crippen LogP contribution < -0.4 is 15.2 Å². The summed E-state index contributed by atoms with van der Waals surface area (Å²) in [6.07, 6.45) is 0. The first kappa shape index (κ1) is 14.1. The van der Waals surface area contributed by atoms with E-state index in [0.29, 0.717) is 11.4 Å². The van der Waals surface area contributed by atoms with Gasteiger partial charge >= 0.3 is 0 Å². The van der Waals surface area contributed by atoms with Crippen LogP contribution in [0.1, 0.15) is 0 Å². The van der Waals surface area contributed by atoms with Crippen LogP contribution in [0.15, 0.2) is 47.4 Å². The van der Waals surface area contributed by atoms with E-state index in [1.165, 1.54) is 31.4 Å². The van der Waals surface area contributed by atoms with Gasteiger partial charge in [0.1, 0.15) is 16.5 Å². The molecule has 0 aromatic heterocycles. The molecule has 0 amide bonds. The molecule has 0 aliphatic carbocycles. The fraction of sp³-hybridized carbons (Fsp3) is 0.0769. The summed E-state index contributed by atoms with van der Waals surface area (Å²) in [6.45, 7) is 0. The Morgan fingerprint density at radius 1 is 1.15 bits per heavy atom. The standard InChI is InChI=1S/C13H13FN2O3S/c1-19-10-7-5-9(6-8-10)16-20(17,18)12-4-2-3-11(14)13(12)15/h2-8,16H,15H2,1H3. The number of nitrogen functional groups attached to an aromatic ring is 1. The van der Waals surface area contributed by atoms with Crippen LogP contribution in [0.25, 0.3) is 0 Å². The molecule has 0 heterocycles. The van der Waals surface area contributed by atoms with Crippen molar-refractivity contribution in [3.8, 4) is 5.75 Å². The van der Waals surface area contributed by atoms with Crippen molar-refractivity contribution in [2.24, 2.45) is 0 Å². The summed E-state index contributed by atoms with van der Waals surface area (Å²) >= 11 is 0. The van der Waals surface area contributed by atoms with Gasteiger partial charge in [-0.15, -0.1) is 0 Å². The van der Waals surface area contributed by atoms with Crippen molar-refractivity contribution in [3.63, 3.8) is 0 Å². The maximum atomic E-state index is 13.3. The van der Waals surface area contributed by atoms with Crippen molar-refractivity contribution in [2.75, 3.05) is 17.6 Å². The minimum absolute atomic E-state index is 0.298. The van der Waals surface area contributed by atoms with Crippen molar-refractivity contribution in [3.05, 3.63) is 48.3 Å². The highest BCUT2D eigenvalue weighted by molar-refractivity contribution is 7.92. The fourth-order valence-corrected chi connectivity index (χ4v) is 2.82. The van der Waals surface area contributed by atoms with E-state index in [-0.39, 0.29) is 4.90 Å². The van der Waals surface area contributed by atoms with Crippen LogP contribution in [0, 0.1) is 5.82 Å². The normalized spacial score (nSPS) is 11.1. The molecule has 3 N–H and O–H groups in total. The minimum Gasteiger partial charge on any atom is -0.497 e. The van der Waals surface area contributed by atoms with E-state index >= 15 is 0 Å². The number of para-hydroxylation sites is 1. The van der Waals surface area contributed by atoms with Gasteiger partial charge in [-0.25, -0.2) is 12.8 Å². The highest BCUT2D eigenvalue weighted by Gasteiger charge is 2.19. The Bertz CT molecular complexity index is 715. The van der Waals surface area contributed by atoms with Crippen LogP contribution in [0.5, 0.6) is 5.75 Å². The molecule has 7 heteroatoms. The molecular formula is C13H13FN2O3S. The number of ether oxygens (including phenoxy) is 1. The monoisotopic (exact) mass is 296 g/mol. The zero-order chi connectivity index (χ0) is 14.8. The third-order valence-electron chi connectivity index (χ3n) is 2.64. The van der Waals surface area contributed by atoms with Crippen LogP contribution in [-0.2, 0) is 10.0 Å². The Kier molecular flexibility index (Phi) is 3.80. The second-order valence-corrected chi connectivity index (χ2v) is 5.64. The topological polar surface area (TPSA) is 81.4 Å². The van der Waals surface area contributed by atoms with E-state index < -0.39 is 21.5 Å². The molecule has 2 aromatic carbocycles. The first-order valence-corrected chi connectivity index (χ1v) is 7.13. The van der Waals surface area contributed by atoms with Gasteiger partial charge in [-0.3, -0.25) is 4.72 Å². The average molecular weight is 296 g/mol. The van der Waals surface area contributed by atoms with Crippen molar-refractivity contribution >= 4 is 21.4 Å². The van der Waals surface area contributed by atoms with E-state index in [9.17, 15) is 12.8 Å². The van der Waals surface area contributed by atoms with Crippen LogP contribution in [-0.4, -0.2) is 15.5 Å². The molecule has 0 radical (unpaired) electrons. The molecule has 0 spiro atoms. The summed E-state index contributed by atoms with van der Waals surface area (Å²) in [5, 5.41) is 0. The molecule has 0 aliphatic rings. The summed E-state index contributed by atoms with van der Waals surface area (Å²) < 4.78 is 44.9. The van der Waals surface area contributed by atoms with Crippen LogP contribution in [0.4, 0.5) is 15.8 Å². The average Bonchev–Trinajstić information content (AvgIpc) is 2.42. The third-order valence-corrected chi connectivity index (χ3v) is 4.08. The van der Waals surface area contributed by atoms with Gasteiger partial charge in [0.2, 0.25) is 0 Å². The number of nitrogens with one attached hydrogen (secondary N) is 1. The zero-order valence-electron chi connectivity index (χ0n) is 10.6. The van der Waals surface area contributed by atoms with Gasteiger partial charge in [0, 0.05) is 5.69 Å². The molecule has 2 aromatic rings. The lowest BCUT2D eigenvalue weighted by atomic mass is 10.3. The molecule has 0 fully saturated rings. The smallest absolute Gasteiger partial charge is 0.264 e. The molecule has 5 nitrogen and oxygen atoms in total. The Balaban J connectivity index is 2.33. The number of nitrogens with two attached hydrogens (primary N) is 1. The Hall–Kier alpha value is -2.28. The number of anilines is 2. The Morgan fingerprint density at radius 2 is 1.80 bits per heavy atom. The second kappa shape index (κ2) is 5.38. The molecule has 20 heavy (non-hydrogen) atoms. The van der Waals surface area contributed by atoms with Crippen LogP contribution in [0.3, 0.4) is 0 Å². The van der Waals surface area contributed by atoms with Crippen molar-refractivity contribution < 1.29 is 17.5 Å². The van der Waals surface area contributed by atoms with Gasteiger partial charge in [0.15, 0.2) is 0 Å². The van der Waals surface area contributed by atoms with E-state index in [0.717, 1.165) is 6.07 Å². The van der Waals surface area contributed by atoms with E-state index in [4.69, 9.17) is 10.5 Å². The SMILES string of the molecule is COc1ccc(NS(=O)(=O)c2cccc(F)c2N)cc1. The molecule has 0 saturated carbocycles. The van der Waals surface area contributed by atoms with Crippen LogP contribution in [0.2, 0.25) is 0 Å². The van der Waals surface area contributed by atoms with Crippen molar-refractivity contribution in [1.29, 1.82) is 0 Å². The Morgan fingerprint density at radius 3 is 2.40 bits per heavy atom. The quantitative estimate of drug-likeness (QED) is 0.848. The maximum absolute atomic E-state index is 13.3. The lowest BCUT2D eigenvalue weighted by molar-refractivity contribution is 0.415. The van der Waals surface area contributed by atoms with Crippen molar-refractivity contribution in [2.45, 2.75) is 4.90 Å². The second-order valence-electron chi connectivity index (χ2n) is 3.99. The summed E-state index contributed by atoms with van der Waals surface area (Å²) in [5.74, 6) is -0.180. The highest BCUT2D eigenvalue weighted by Crippen LogP contribution is 2.24. The van der Waals surface area contributed by atoms with E-state index in [2.05, 4.69) is 4.72 Å². The predicted molar refractivity (Wildman–Crippen MR) is 74.6 cm³/mol. The summed E-state index contributed by atoms with van der Waals surface area (Å²) in [6, 6.07) is 9.90. The number of hydrogen-bond acceptors (Lipinski definition) is 4.